The van der Waals surface area contributed by atoms with E-state index in [9.17, 15) is 4.79 Å². The van der Waals surface area contributed by atoms with Gasteiger partial charge in [0, 0.05) is 11.5 Å². The number of pyridine rings is 1. The van der Waals surface area contributed by atoms with Gasteiger partial charge < -0.3 is 10.7 Å². The molecule has 0 aliphatic heterocycles. The van der Waals surface area contributed by atoms with Gasteiger partial charge in [-0.2, -0.15) is 0 Å². The van der Waals surface area contributed by atoms with E-state index in [1.54, 1.807) is 18.2 Å². The van der Waals surface area contributed by atoms with Crippen LogP contribution in [-0.2, 0) is 0 Å². The maximum absolute atomic E-state index is 11.7. The number of fused-ring (bicyclic) bond motifs is 1. The number of nitrogens with one attached hydrogen (secondary N) is 1. The fourth-order valence-corrected chi connectivity index (χ4v) is 2.31. The third-order valence-corrected chi connectivity index (χ3v) is 3.37. The quantitative estimate of drug-likeness (QED) is 0.666. The molecular weight excluding hydrogens is 260 g/mol. The van der Waals surface area contributed by atoms with Crippen LogP contribution in [0.2, 0.25) is 5.02 Å². The molecule has 4 heteroatoms. The molecule has 0 radical (unpaired) electrons. The summed E-state index contributed by atoms with van der Waals surface area (Å²) in [5, 5.41) is 1.36. The molecule has 0 bridgehead atoms. The second-order valence-corrected chi connectivity index (χ2v) is 4.74. The van der Waals surface area contributed by atoms with E-state index in [4.69, 9.17) is 17.3 Å². The average Bonchev–Trinajstić information content (AvgIpc) is 2.41. The Hall–Kier alpha value is -2.26. The SMILES string of the molecule is Nc1cc2[nH]c(=O)cc(-c3ccccc3)c2cc1Cl. The minimum Gasteiger partial charge on any atom is -0.397 e. The molecule has 3 rings (SSSR count). The molecule has 0 aliphatic carbocycles. The van der Waals surface area contributed by atoms with E-state index in [1.807, 2.05) is 30.3 Å². The lowest BCUT2D eigenvalue weighted by molar-refractivity contribution is 1.31. The summed E-state index contributed by atoms with van der Waals surface area (Å²) < 4.78 is 0. The Balaban J connectivity index is 2.42. The molecule has 0 spiro atoms. The number of hydrogen-bond acceptors (Lipinski definition) is 2. The summed E-state index contributed by atoms with van der Waals surface area (Å²) >= 11 is 6.07. The van der Waals surface area contributed by atoms with E-state index >= 15 is 0 Å². The van der Waals surface area contributed by atoms with Crippen molar-refractivity contribution in [2.24, 2.45) is 0 Å². The number of nitrogens with two attached hydrogens (primary N) is 1. The van der Waals surface area contributed by atoms with Gasteiger partial charge >= 0.3 is 0 Å². The van der Waals surface area contributed by atoms with Crippen LogP contribution >= 0.6 is 11.6 Å². The number of anilines is 1. The Morgan fingerprint density at radius 2 is 1.79 bits per heavy atom. The van der Waals surface area contributed by atoms with Crippen molar-refractivity contribution in [3.05, 3.63) is 63.9 Å². The van der Waals surface area contributed by atoms with Crippen LogP contribution in [0.3, 0.4) is 0 Å². The molecule has 0 saturated heterocycles. The number of nitrogen functional groups attached to an aromatic ring is 1. The number of hydrogen-bond donors (Lipinski definition) is 2. The van der Waals surface area contributed by atoms with Gasteiger partial charge in [-0.25, -0.2) is 0 Å². The van der Waals surface area contributed by atoms with Crippen LogP contribution in [0.1, 0.15) is 0 Å². The molecule has 0 unspecified atom stereocenters. The molecule has 0 saturated carbocycles. The molecule has 0 fully saturated rings. The number of aromatic amines is 1. The molecule has 0 atom stereocenters. The minimum absolute atomic E-state index is 0.159. The van der Waals surface area contributed by atoms with Crippen molar-refractivity contribution in [1.82, 2.24) is 4.98 Å². The van der Waals surface area contributed by atoms with Gasteiger partial charge in [-0.15, -0.1) is 0 Å². The Morgan fingerprint density at radius 3 is 2.53 bits per heavy atom. The van der Waals surface area contributed by atoms with Crippen molar-refractivity contribution in [3.63, 3.8) is 0 Å². The lowest BCUT2D eigenvalue weighted by Crippen LogP contribution is -2.05. The van der Waals surface area contributed by atoms with Crippen LogP contribution in [0.4, 0.5) is 5.69 Å². The standard InChI is InChI=1S/C15H11ClN2O/c16-12-6-11-10(9-4-2-1-3-5-9)7-15(19)18-14(11)8-13(12)17/h1-8H,17H2,(H,18,19). The van der Waals surface area contributed by atoms with Crippen LogP contribution in [0.25, 0.3) is 22.0 Å². The van der Waals surface area contributed by atoms with Crippen LogP contribution in [0.15, 0.2) is 53.3 Å². The predicted molar refractivity (Wildman–Crippen MR) is 79.4 cm³/mol. The zero-order valence-electron chi connectivity index (χ0n) is 9.98. The molecule has 1 aromatic heterocycles. The first-order valence-corrected chi connectivity index (χ1v) is 6.20. The number of rotatable bonds is 1. The normalized spacial score (nSPS) is 10.8. The first-order chi connectivity index (χ1) is 9.15. The lowest BCUT2D eigenvalue weighted by atomic mass is 10.0. The Labute approximate surface area is 114 Å². The molecular formula is C15H11ClN2O. The number of H-pyrrole nitrogens is 1. The molecule has 2 aromatic carbocycles. The van der Waals surface area contributed by atoms with Crippen molar-refractivity contribution in [2.75, 3.05) is 5.73 Å². The molecule has 94 valence electrons. The van der Waals surface area contributed by atoms with Gasteiger partial charge in [-0.05, 0) is 23.3 Å². The minimum atomic E-state index is -0.159. The monoisotopic (exact) mass is 270 g/mol. The zero-order chi connectivity index (χ0) is 13.4. The van der Waals surface area contributed by atoms with Gasteiger partial charge in [0.15, 0.2) is 0 Å². The van der Waals surface area contributed by atoms with Gasteiger partial charge in [0.25, 0.3) is 0 Å². The molecule has 0 amide bonds. The second kappa shape index (κ2) is 4.44. The van der Waals surface area contributed by atoms with Gasteiger partial charge in [0.05, 0.1) is 16.2 Å². The van der Waals surface area contributed by atoms with E-state index in [1.165, 1.54) is 0 Å². The van der Waals surface area contributed by atoms with Crippen LogP contribution in [-0.4, -0.2) is 4.98 Å². The summed E-state index contributed by atoms with van der Waals surface area (Å²) in [5.74, 6) is 0. The maximum atomic E-state index is 11.7. The van der Waals surface area contributed by atoms with Crippen molar-refractivity contribution in [2.45, 2.75) is 0 Å². The number of halogens is 1. The predicted octanol–water partition coefficient (Wildman–Crippen LogP) is 3.43. The van der Waals surface area contributed by atoms with E-state index in [0.717, 1.165) is 16.5 Å². The van der Waals surface area contributed by atoms with Gasteiger partial charge in [-0.1, -0.05) is 41.9 Å². The van der Waals surface area contributed by atoms with E-state index in [-0.39, 0.29) is 5.56 Å². The maximum Gasteiger partial charge on any atom is 0.249 e. The topological polar surface area (TPSA) is 58.9 Å². The summed E-state index contributed by atoms with van der Waals surface area (Å²) in [6, 6.07) is 14.8. The third-order valence-electron chi connectivity index (χ3n) is 3.05. The fraction of sp³-hybridized carbons (Fsp3) is 0. The number of benzene rings is 2. The zero-order valence-corrected chi connectivity index (χ0v) is 10.7. The van der Waals surface area contributed by atoms with Gasteiger partial charge in [0.1, 0.15) is 0 Å². The van der Waals surface area contributed by atoms with Crippen molar-refractivity contribution in [3.8, 4) is 11.1 Å². The highest BCUT2D eigenvalue weighted by molar-refractivity contribution is 6.34. The van der Waals surface area contributed by atoms with E-state index in [0.29, 0.717) is 16.2 Å². The van der Waals surface area contributed by atoms with Crippen molar-refractivity contribution >= 4 is 28.2 Å². The molecule has 0 aliphatic rings. The molecule has 3 N–H and O–H groups in total. The first-order valence-electron chi connectivity index (χ1n) is 5.82. The smallest absolute Gasteiger partial charge is 0.249 e. The third kappa shape index (κ3) is 2.09. The Bertz CT molecular complexity index is 809. The Morgan fingerprint density at radius 1 is 1.05 bits per heavy atom. The summed E-state index contributed by atoms with van der Waals surface area (Å²) in [6.07, 6.45) is 0. The summed E-state index contributed by atoms with van der Waals surface area (Å²) in [6.45, 7) is 0. The van der Waals surface area contributed by atoms with Crippen molar-refractivity contribution in [1.29, 1.82) is 0 Å². The largest absolute Gasteiger partial charge is 0.397 e. The molecule has 3 nitrogen and oxygen atoms in total. The fourth-order valence-electron chi connectivity index (χ4n) is 2.15. The highest BCUT2D eigenvalue weighted by Gasteiger charge is 2.08. The second-order valence-electron chi connectivity index (χ2n) is 4.33. The summed E-state index contributed by atoms with van der Waals surface area (Å²) in [7, 11) is 0. The summed E-state index contributed by atoms with van der Waals surface area (Å²) in [5.41, 5.74) is 8.57. The Kier molecular flexibility index (Phi) is 2.76. The van der Waals surface area contributed by atoms with Gasteiger partial charge in [0.2, 0.25) is 5.56 Å². The van der Waals surface area contributed by atoms with Gasteiger partial charge in [-0.3, -0.25) is 4.79 Å². The van der Waals surface area contributed by atoms with E-state index in [2.05, 4.69) is 4.98 Å². The van der Waals surface area contributed by atoms with Crippen LogP contribution < -0.4 is 11.3 Å². The summed E-state index contributed by atoms with van der Waals surface area (Å²) in [4.78, 5) is 14.5. The molecule has 19 heavy (non-hydrogen) atoms. The van der Waals surface area contributed by atoms with Crippen LogP contribution in [0.5, 0.6) is 0 Å². The lowest BCUT2D eigenvalue weighted by Gasteiger charge is -2.08. The first kappa shape index (κ1) is 11.8. The highest BCUT2D eigenvalue weighted by Crippen LogP contribution is 2.31. The molecule has 3 aromatic rings. The molecule has 1 heterocycles. The average molecular weight is 271 g/mol. The van der Waals surface area contributed by atoms with E-state index < -0.39 is 0 Å². The van der Waals surface area contributed by atoms with Crippen LogP contribution in [0, 0.1) is 0 Å². The van der Waals surface area contributed by atoms with Crippen molar-refractivity contribution < 1.29 is 0 Å². The number of aromatic nitrogens is 1. The highest BCUT2D eigenvalue weighted by atomic mass is 35.5.